The van der Waals surface area contributed by atoms with E-state index >= 15 is 0 Å². The Bertz CT molecular complexity index is 873. The third-order valence-electron chi connectivity index (χ3n) is 4.25. The first-order valence-corrected chi connectivity index (χ1v) is 9.29. The minimum Gasteiger partial charge on any atom is -0.481 e. The van der Waals surface area contributed by atoms with Crippen LogP contribution in [0.25, 0.3) is 0 Å². The zero-order valence-electron chi connectivity index (χ0n) is 14.6. The van der Waals surface area contributed by atoms with Gasteiger partial charge in [0.2, 0.25) is 0 Å². The van der Waals surface area contributed by atoms with Crippen molar-refractivity contribution >= 4 is 40.8 Å². The lowest BCUT2D eigenvalue weighted by Crippen LogP contribution is -2.48. The second-order valence-corrected chi connectivity index (χ2v) is 7.00. The summed E-state index contributed by atoms with van der Waals surface area (Å²) in [5.41, 5.74) is 7.48. The SMILES string of the molecule is CC(Oc1ccc2c(c1)CCC2)C(=O)NNC(=O)Nc1cccc(Cl)c1Cl. The van der Waals surface area contributed by atoms with E-state index < -0.39 is 18.0 Å². The van der Waals surface area contributed by atoms with Crippen molar-refractivity contribution in [1.82, 2.24) is 10.9 Å². The van der Waals surface area contributed by atoms with Gasteiger partial charge in [-0.05, 0) is 61.6 Å². The lowest BCUT2D eigenvalue weighted by Gasteiger charge is -2.16. The highest BCUT2D eigenvalue weighted by atomic mass is 35.5. The van der Waals surface area contributed by atoms with Gasteiger partial charge < -0.3 is 10.1 Å². The summed E-state index contributed by atoms with van der Waals surface area (Å²) >= 11 is 11.9. The van der Waals surface area contributed by atoms with Crippen LogP contribution in [0.1, 0.15) is 24.5 Å². The Morgan fingerprint density at radius 1 is 1.07 bits per heavy atom. The number of ether oxygens (including phenoxy) is 1. The van der Waals surface area contributed by atoms with Crippen LogP contribution in [-0.4, -0.2) is 18.0 Å². The van der Waals surface area contributed by atoms with E-state index in [2.05, 4.69) is 16.2 Å². The molecule has 1 unspecified atom stereocenters. The molecule has 1 aliphatic rings. The summed E-state index contributed by atoms with van der Waals surface area (Å²) in [5.74, 6) is 0.149. The van der Waals surface area contributed by atoms with Gasteiger partial charge in [-0.15, -0.1) is 0 Å². The summed E-state index contributed by atoms with van der Waals surface area (Å²) in [6.45, 7) is 1.61. The van der Waals surface area contributed by atoms with Crippen molar-refractivity contribution in [2.75, 3.05) is 5.32 Å². The largest absolute Gasteiger partial charge is 0.481 e. The van der Waals surface area contributed by atoms with E-state index in [0.29, 0.717) is 16.5 Å². The number of anilines is 1. The second kappa shape index (κ2) is 8.50. The number of amides is 3. The molecular formula is C19H19Cl2N3O3. The van der Waals surface area contributed by atoms with Gasteiger partial charge in [-0.25, -0.2) is 10.2 Å². The molecule has 0 spiro atoms. The fourth-order valence-electron chi connectivity index (χ4n) is 2.85. The number of hydrogen-bond donors (Lipinski definition) is 3. The van der Waals surface area contributed by atoms with Crippen molar-refractivity contribution in [3.05, 3.63) is 57.6 Å². The van der Waals surface area contributed by atoms with Gasteiger partial charge in [-0.3, -0.25) is 10.2 Å². The van der Waals surface area contributed by atoms with Crippen LogP contribution in [-0.2, 0) is 17.6 Å². The van der Waals surface area contributed by atoms with Crippen LogP contribution in [0.5, 0.6) is 5.75 Å². The van der Waals surface area contributed by atoms with Gasteiger partial charge >= 0.3 is 6.03 Å². The molecule has 0 radical (unpaired) electrons. The molecule has 0 bridgehead atoms. The summed E-state index contributed by atoms with van der Waals surface area (Å²) in [6, 6.07) is 10.0. The number of hydrogen-bond acceptors (Lipinski definition) is 3. The fourth-order valence-corrected chi connectivity index (χ4v) is 3.20. The van der Waals surface area contributed by atoms with Gasteiger partial charge in [0, 0.05) is 0 Å². The molecule has 3 rings (SSSR count). The maximum absolute atomic E-state index is 12.1. The number of hydrazine groups is 1. The molecule has 27 heavy (non-hydrogen) atoms. The molecule has 142 valence electrons. The van der Waals surface area contributed by atoms with Crippen LogP contribution in [0.15, 0.2) is 36.4 Å². The lowest BCUT2D eigenvalue weighted by molar-refractivity contribution is -0.127. The Kier molecular flexibility index (Phi) is 6.08. The minimum atomic E-state index is -0.778. The number of urea groups is 1. The monoisotopic (exact) mass is 407 g/mol. The number of benzene rings is 2. The van der Waals surface area contributed by atoms with Crippen LogP contribution in [0.4, 0.5) is 10.5 Å². The van der Waals surface area contributed by atoms with E-state index in [4.69, 9.17) is 27.9 Å². The van der Waals surface area contributed by atoms with Gasteiger partial charge in [0.15, 0.2) is 6.10 Å². The zero-order valence-corrected chi connectivity index (χ0v) is 16.2. The highest BCUT2D eigenvalue weighted by molar-refractivity contribution is 6.43. The molecule has 1 aliphatic carbocycles. The number of aryl methyl sites for hydroxylation is 2. The normalized spacial score (nSPS) is 13.4. The van der Waals surface area contributed by atoms with Gasteiger partial charge in [0.05, 0.1) is 15.7 Å². The third kappa shape index (κ3) is 4.84. The number of rotatable bonds is 4. The fraction of sp³-hybridized carbons (Fsp3) is 0.263. The highest BCUT2D eigenvalue weighted by Gasteiger charge is 2.18. The van der Waals surface area contributed by atoms with E-state index in [9.17, 15) is 9.59 Å². The average molecular weight is 408 g/mol. The molecule has 0 fully saturated rings. The molecule has 8 heteroatoms. The van der Waals surface area contributed by atoms with Gasteiger partial charge in [-0.1, -0.05) is 35.3 Å². The molecule has 0 aromatic heterocycles. The quantitative estimate of drug-likeness (QED) is 0.667. The first-order valence-electron chi connectivity index (χ1n) is 8.53. The van der Waals surface area contributed by atoms with Crippen LogP contribution in [0.2, 0.25) is 10.0 Å². The molecule has 3 N–H and O–H groups in total. The predicted molar refractivity (Wildman–Crippen MR) is 105 cm³/mol. The smallest absolute Gasteiger partial charge is 0.337 e. The van der Waals surface area contributed by atoms with Crippen molar-refractivity contribution in [1.29, 1.82) is 0 Å². The number of carbonyl (C=O) groups is 2. The highest BCUT2D eigenvalue weighted by Crippen LogP contribution is 2.29. The van der Waals surface area contributed by atoms with Crippen molar-refractivity contribution in [2.24, 2.45) is 0 Å². The minimum absolute atomic E-state index is 0.217. The predicted octanol–water partition coefficient (Wildman–Crippen LogP) is 4.10. The molecule has 1 atom stereocenters. The molecule has 0 aliphatic heterocycles. The van der Waals surface area contributed by atoms with Gasteiger partial charge in [0.1, 0.15) is 5.75 Å². The standard InChI is InChI=1S/C19H19Cl2N3O3/c1-11(27-14-9-8-12-4-2-5-13(12)10-14)18(25)23-24-19(26)22-16-7-3-6-15(20)17(16)21/h3,6-11H,2,4-5H2,1H3,(H,23,25)(H2,22,24,26). The Hall–Kier alpha value is -2.44. The van der Waals surface area contributed by atoms with Crippen molar-refractivity contribution < 1.29 is 14.3 Å². The Morgan fingerprint density at radius 3 is 2.67 bits per heavy atom. The van der Waals surface area contributed by atoms with Crippen molar-refractivity contribution in [3.8, 4) is 5.75 Å². The molecule has 0 saturated heterocycles. The number of halogens is 2. The summed E-state index contributed by atoms with van der Waals surface area (Å²) in [6.07, 6.45) is 2.48. The molecular weight excluding hydrogens is 389 g/mol. The van der Waals surface area contributed by atoms with E-state index in [1.807, 2.05) is 18.2 Å². The summed E-state index contributed by atoms with van der Waals surface area (Å²) in [7, 11) is 0. The average Bonchev–Trinajstić information content (AvgIpc) is 3.11. The summed E-state index contributed by atoms with van der Waals surface area (Å²) < 4.78 is 5.66. The van der Waals surface area contributed by atoms with Crippen LogP contribution < -0.4 is 20.9 Å². The van der Waals surface area contributed by atoms with Crippen molar-refractivity contribution in [2.45, 2.75) is 32.3 Å². The number of nitrogens with one attached hydrogen (secondary N) is 3. The van der Waals surface area contributed by atoms with Crippen LogP contribution in [0.3, 0.4) is 0 Å². The van der Waals surface area contributed by atoms with Gasteiger partial charge in [0.25, 0.3) is 5.91 Å². The van der Waals surface area contributed by atoms with E-state index in [1.165, 1.54) is 11.1 Å². The Balaban J connectivity index is 1.49. The van der Waals surface area contributed by atoms with E-state index in [-0.39, 0.29) is 5.02 Å². The number of fused-ring (bicyclic) bond motifs is 1. The van der Waals surface area contributed by atoms with Crippen LogP contribution >= 0.6 is 23.2 Å². The third-order valence-corrected chi connectivity index (χ3v) is 5.07. The van der Waals surface area contributed by atoms with Crippen molar-refractivity contribution in [3.63, 3.8) is 0 Å². The number of carbonyl (C=O) groups excluding carboxylic acids is 2. The summed E-state index contributed by atoms with van der Waals surface area (Å²) in [5, 5.41) is 3.03. The first-order chi connectivity index (χ1) is 12.9. The summed E-state index contributed by atoms with van der Waals surface area (Å²) in [4.78, 5) is 24.0. The van der Waals surface area contributed by atoms with Gasteiger partial charge in [-0.2, -0.15) is 0 Å². The van der Waals surface area contributed by atoms with Crippen LogP contribution in [0, 0.1) is 0 Å². The molecule has 2 aromatic rings. The van der Waals surface area contributed by atoms with E-state index in [1.54, 1.807) is 25.1 Å². The molecule has 2 aromatic carbocycles. The molecule has 6 nitrogen and oxygen atoms in total. The maximum atomic E-state index is 12.1. The Morgan fingerprint density at radius 2 is 1.85 bits per heavy atom. The Labute approximate surface area is 167 Å². The molecule has 3 amide bonds. The molecule has 0 heterocycles. The maximum Gasteiger partial charge on any atom is 0.337 e. The molecule has 0 saturated carbocycles. The lowest BCUT2D eigenvalue weighted by atomic mass is 10.1. The first kappa shape index (κ1) is 19.3. The zero-order chi connectivity index (χ0) is 19.4. The topological polar surface area (TPSA) is 79.5 Å². The second-order valence-electron chi connectivity index (χ2n) is 6.21. The van der Waals surface area contributed by atoms with E-state index in [0.717, 1.165) is 19.3 Å².